The summed E-state index contributed by atoms with van der Waals surface area (Å²) in [6.45, 7) is 17.3. The number of para-hydroxylation sites is 1. The maximum atomic E-state index is 13.5. The molecule has 0 amide bonds. The van der Waals surface area contributed by atoms with E-state index in [4.69, 9.17) is 32.0 Å². The molecule has 11 nitrogen and oxygen atoms in total. The molecule has 0 unspecified atom stereocenters. The number of carbonyl (C=O) groups excluding carboxylic acids is 1. The van der Waals surface area contributed by atoms with Gasteiger partial charge in [-0.15, -0.1) is 0 Å². The first-order chi connectivity index (χ1) is 28.3. The van der Waals surface area contributed by atoms with Gasteiger partial charge in [-0.3, -0.25) is 4.79 Å². The molecule has 6 atom stereocenters. The zero-order valence-electron chi connectivity index (χ0n) is 37.4. The van der Waals surface area contributed by atoms with Crippen molar-refractivity contribution >= 4 is 32.7 Å². The average molecular weight is 883 g/mol. The van der Waals surface area contributed by atoms with Gasteiger partial charge in [0.1, 0.15) is 29.8 Å². The van der Waals surface area contributed by atoms with Gasteiger partial charge >= 0.3 is 5.97 Å². The van der Waals surface area contributed by atoms with Crippen molar-refractivity contribution in [3.05, 3.63) is 71.8 Å². The molecule has 330 valence electrons. The van der Waals surface area contributed by atoms with Crippen LogP contribution >= 0.6 is 0 Å². The highest BCUT2D eigenvalue weighted by Crippen LogP contribution is 2.45. The van der Waals surface area contributed by atoms with Crippen LogP contribution in [0, 0.1) is 29.1 Å². The zero-order chi connectivity index (χ0) is 44.4. The fourth-order valence-electron chi connectivity index (χ4n) is 7.65. The minimum atomic E-state index is -4.26. The van der Waals surface area contributed by atoms with Gasteiger partial charge in [-0.1, -0.05) is 95.6 Å². The SMILES string of the molecule is CC[Si](CC)(CC)O[C@@]1([C@H](COC(=O)C(C)(C)C)OCc2ccc(OC)cc2)C#CC2=C[C@@H](O)C[C@]2(O[Si](CC)(CC)CC)[C@H](Oc2ccccc2)C#C[C@@H]1OS(C)(=O)=O. The fraction of sp³-hybridized carbons (Fsp3) is 0.587. The molecule has 0 bridgehead atoms. The van der Waals surface area contributed by atoms with Gasteiger partial charge in [0.25, 0.3) is 10.1 Å². The second-order valence-electron chi connectivity index (χ2n) is 16.8. The number of hydrogen-bond donors (Lipinski definition) is 1. The first kappa shape index (κ1) is 49.2. The van der Waals surface area contributed by atoms with Crippen molar-refractivity contribution in [3.8, 4) is 35.2 Å². The third kappa shape index (κ3) is 11.7. The van der Waals surface area contributed by atoms with E-state index in [0.29, 0.717) is 35.2 Å². The number of benzene rings is 2. The molecule has 14 heteroatoms. The summed E-state index contributed by atoms with van der Waals surface area (Å²) in [7, 11) is -8.04. The summed E-state index contributed by atoms with van der Waals surface area (Å²) >= 11 is 0. The van der Waals surface area contributed by atoms with Gasteiger partial charge in [0.2, 0.25) is 0 Å². The number of methoxy groups -OCH3 is 1. The van der Waals surface area contributed by atoms with Gasteiger partial charge in [0.05, 0.1) is 31.5 Å². The zero-order valence-corrected chi connectivity index (χ0v) is 40.2. The third-order valence-electron chi connectivity index (χ3n) is 11.9. The van der Waals surface area contributed by atoms with Crippen molar-refractivity contribution in [1.29, 1.82) is 0 Å². The van der Waals surface area contributed by atoms with Crippen molar-refractivity contribution in [2.75, 3.05) is 20.0 Å². The number of aliphatic hydroxyl groups is 1. The van der Waals surface area contributed by atoms with Gasteiger partial charge in [-0.05, 0) is 92.9 Å². The molecule has 2 aromatic rings. The van der Waals surface area contributed by atoms with Gasteiger partial charge in [0, 0.05) is 12.0 Å². The Kier molecular flexibility index (Phi) is 16.9. The Bertz CT molecular complexity index is 1990. The van der Waals surface area contributed by atoms with E-state index in [1.807, 2.05) is 51.1 Å². The van der Waals surface area contributed by atoms with E-state index in [1.165, 1.54) is 0 Å². The molecule has 2 aromatic carbocycles. The van der Waals surface area contributed by atoms with Crippen LogP contribution < -0.4 is 9.47 Å². The van der Waals surface area contributed by atoms with Crippen LogP contribution in [0.5, 0.6) is 11.5 Å². The number of esters is 1. The van der Waals surface area contributed by atoms with Crippen LogP contribution in [-0.2, 0) is 44.0 Å². The third-order valence-corrected chi connectivity index (χ3v) is 21.7. The molecule has 4 rings (SSSR count). The molecular weight excluding hydrogens is 817 g/mol. The Hall–Kier alpha value is -3.45. The minimum Gasteiger partial charge on any atom is -0.497 e. The maximum Gasteiger partial charge on any atom is 0.311 e. The molecule has 0 saturated carbocycles. The van der Waals surface area contributed by atoms with E-state index >= 15 is 0 Å². The van der Waals surface area contributed by atoms with Gasteiger partial charge < -0.3 is 32.9 Å². The number of hydrogen-bond acceptors (Lipinski definition) is 11. The predicted octanol–water partition coefficient (Wildman–Crippen LogP) is 8.19. The largest absolute Gasteiger partial charge is 0.497 e. The van der Waals surface area contributed by atoms with E-state index in [-0.39, 0.29) is 19.6 Å². The number of carbonyl (C=O) groups is 1. The number of rotatable bonds is 21. The Morgan fingerprint density at radius 2 is 1.42 bits per heavy atom. The van der Waals surface area contributed by atoms with E-state index in [9.17, 15) is 18.3 Å². The fourth-order valence-corrected chi connectivity index (χ4v) is 14.1. The van der Waals surface area contributed by atoms with Crippen molar-refractivity contribution in [2.45, 2.75) is 147 Å². The highest BCUT2D eigenvalue weighted by molar-refractivity contribution is 7.86. The molecular formula is C46H66O11SSi2. The molecule has 60 heavy (non-hydrogen) atoms. The van der Waals surface area contributed by atoms with Crippen LogP contribution in [0.4, 0.5) is 0 Å². The normalized spacial score (nSPS) is 23.6. The molecule has 0 radical (unpaired) electrons. The van der Waals surface area contributed by atoms with E-state index in [1.54, 1.807) is 58.2 Å². The lowest BCUT2D eigenvalue weighted by Gasteiger charge is -2.45. The maximum absolute atomic E-state index is 13.5. The number of fused-ring (bicyclic) bond motifs is 1. The molecule has 1 N–H and O–H groups in total. The summed E-state index contributed by atoms with van der Waals surface area (Å²) in [6, 6.07) is 20.8. The standard InChI is InChI=1S/C46H66O11SSi2/c1-12-59(13-2,14-3)56-45(42(34-53-43(48)44(7,8)9)52-33-35-23-25-38(51-10)26-24-35)30-29-36-31-37(47)32-46(36,57-60(15-4,16-5)17-6)40(54-39-21-19-18-20-22-39)27-28-41(45)55-58(11,49)50/h18-26,31,37,40-42,47H,12-17,32-34H2,1-11H3/t37-,40-,41+,42+,45+,46-/m1/s1. The molecule has 2 aliphatic rings. The highest BCUT2D eigenvalue weighted by atomic mass is 32.2. The first-order valence-corrected chi connectivity index (χ1v) is 28.1. The van der Waals surface area contributed by atoms with Crippen molar-refractivity contribution in [3.63, 3.8) is 0 Å². The molecule has 0 spiro atoms. The lowest BCUT2D eigenvalue weighted by molar-refractivity contribution is -0.168. The second-order valence-corrected chi connectivity index (χ2v) is 27.7. The smallest absolute Gasteiger partial charge is 0.311 e. The minimum absolute atomic E-state index is 0.00169. The van der Waals surface area contributed by atoms with Crippen LogP contribution in [0.25, 0.3) is 0 Å². The van der Waals surface area contributed by atoms with Crippen molar-refractivity contribution in [2.24, 2.45) is 5.41 Å². The van der Waals surface area contributed by atoms with Crippen LogP contribution in [0.15, 0.2) is 66.2 Å². The molecule has 0 aromatic heterocycles. The summed E-state index contributed by atoms with van der Waals surface area (Å²) in [5, 5.41) is 11.6. The summed E-state index contributed by atoms with van der Waals surface area (Å²) in [6.07, 6.45) is -2.18. The van der Waals surface area contributed by atoms with Crippen LogP contribution in [-0.4, -0.2) is 91.7 Å². The lowest BCUT2D eigenvalue weighted by atomic mass is 9.88. The quantitative estimate of drug-likeness (QED) is 0.0563. The molecule has 0 aliphatic heterocycles. The first-order valence-electron chi connectivity index (χ1n) is 21.2. The number of aliphatic hydroxyl groups excluding tert-OH is 1. The monoisotopic (exact) mass is 882 g/mol. The highest BCUT2D eigenvalue weighted by Gasteiger charge is 2.57. The summed E-state index contributed by atoms with van der Waals surface area (Å²) in [4.78, 5) is 13.5. The van der Waals surface area contributed by atoms with Crippen LogP contribution in [0.1, 0.15) is 74.3 Å². The molecule has 0 heterocycles. The summed E-state index contributed by atoms with van der Waals surface area (Å²) in [5.41, 5.74) is -3.03. The average Bonchev–Trinajstić information content (AvgIpc) is 3.56. The van der Waals surface area contributed by atoms with E-state index in [2.05, 4.69) is 44.5 Å². The lowest BCUT2D eigenvalue weighted by Crippen LogP contribution is -2.62. The van der Waals surface area contributed by atoms with E-state index < -0.39 is 73.8 Å². The van der Waals surface area contributed by atoms with Crippen molar-refractivity contribution < 1.29 is 50.3 Å². The van der Waals surface area contributed by atoms with Crippen molar-refractivity contribution in [1.82, 2.24) is 0 Å². The predicted molar refractivity (Wildman–Crippen MR) is 239 cm³/mol. The Labute approximate surface area is 361 Å². The van der Waals surface area contributed by atoms with Gasteiger partial charge in [-0.2, -0.15) is 8.42 Å². The molecule has 2 aliphatic carbocycles. The Morgan fingerprint density at radius 1 is 0.850 bits per heavy atom. The number of ether oxygens (including phenoxy) is 4. The Balaban J connectivity index is 2.14. The molecule has 0 saturated heterocycles. The summed E-state index contributed by atoms with van der Waals surface area (Å²) < 4.78 is 72.8. The van der Waals surface area contributed by atoms with E-state index in [0.717, 1.165) is 30.0 Å². The van der Waals surface area contributed by atoms with Crippen LogP contribution in [0.3, 0.4) is 0 Å². The summed E-state index contributed by atoms with van der Waals surface area (Å²) in [5.74, 6) is 13.9. The van der Waals surface area contributed by atoms with Gasteiger partial charge in [-0.25, -0.2) is 4.18 Å². The topological polar surface area (TPSA) is 136 Å². The van der Waals surface area contributed by atoms with Gasteiger partial charge in [0.15, 0.2) is 34.4 Å². The molecule has 0 fully saturated rings. The Morgan fingerprint density at radius 3 is 1.95 bits per heavy atom. The van der Waals surface area contributed by atoms with Crippen LogP contribution in [0.2, 0.25) is 36.3 Å². The second kappa shape index (κ2) is 20.6.